The summed E-state index contributed by atoms with van der Waals surface area (Å²) in [5.41, 5.74) is 1.25. The molecular weight excluding hydrogens is 178 g/mol. The van der Waals surface area contributed by atoms with Crippen LogP contribution < -0.4 is 5.32 Å². The van der Waals surface area contributed by atoms with Crippen molar-refractivity contribution in [2.75, 3.05) is 19.7 Å². The molecule has 80 valence electrons. The zero-order chi connectivity index (χ0) is 10.4. The Kier molecular flexibility index (Phi) is 4.62. The molecule has 0 spiro atoms. The van der Waals surface area contributed by atoms with Gasteiger partial charge in [0, 0.05) is 19.9 Å². The molecule has 1 rings (SSSR count). The van der Waals surface area contributed by atoms with Gasteiger partial charge in [0.1, 0.15) is 0 Å². The van der Waals surface area contributed by atoms with Crippen LogP contribution in [0.3, 0.4) is 0 Å². The van der Waals surface area contributed by atoms with Crippen molar-refractivity contribution < 1.29 is 5.11 Å². The summed E-state index contributed by atoms with van der Waals surface area (Å²) in [5, 5.41) is 16.2. The Morgan fingerprint density at radius 3 is 3.00 bits per heavy atom. The van der Waals surface area contributed by atoms with Crippen molar-refractivity contribution in [3.05, 3.63) is 18.0 Å². The van der Waals surface area contributed by atoms with Crippen LogP contribution in [0.2, 0.25) is 0 Å². The van der Waals surface area contributed by atoms with Gasteiger partial charge in [-0.2, -0.15) is 5.10 Å². The fourth-order valence-corrected chi connectivity index (χ4v) is 1.25. The van der Waals surface area contributed by atoms with Crippen LogP contribution in [0.5, 0.6) is 0 Å². The quantitative estimate of drug-likeness (QED) is 0.640. The maximum Gasteiger partial charge on any atom is 0.0522 e. The summed E-state index contributed by atoms with van der Waals surface area (Å²) in [6.45, 7) is 4.09. The van der Waals surface area contributed by atoms with Crippen molar-refractivity contribution in [2.24, 2.45) is 13.0 Å². The zero-order valence-electron chi connectivity index (χ0n) is 8.90. The van der Waals surface area contributed by atoms with E-state index in [1.165, 1.54) is 5.56 Å². The monoisotopic (exact) mass is 197 g/mol. The zero-order valence-corrected chi connectivity index (χ0v) is 8.90. The van der Waals surface area contributed by atoms with E-state index in [0.29, 0.717) is 5.92 Å². The SMILES string of the molecule is CC(CO)CNCCc1cnn(C)c1. The number of aliphatic hydroxyl groups is 1. The summed E-state index contributed by atoms with van der Waals surface area (Å²) in [6.07, 6.45) is 4.90. The van der Waals surface area contributed by atoms with Crippen LogP contribution in [0.4, 0.5) is 0 Å². The first-order valence-electron chi connectivity index (χ1n) is 5.01. The number of aliphatic hydroxyl groups excluding tert-OH is 1. The molecule has 0 fully saturated rings. The summed E-state index contributed by atoms with van der Waals surface area (Å²) in [6, 6.07) is 0. The molecule has 4 heteroatoms. The molecule has 0 radical (unpaired) electrons. The summed E-state index contributed by atoms with van der Waals surface area (Å²) in [7, 11) is 1.92. The lowest BCUT2D eigenvalue weighted by Gasteiger charge is -2.08. The molecule has 0 saturated heterocycles. The summed E-state index contributed by atoms with van der Waals surface area (Å²) < 4.78 is 1.81. The van der Waals surface area contributed by atoms with Gasteiger partial charge in [0.2, 0.25) is 0 Å². The smallest absolute Gasteiger partial charge is 0.0522 e. The van der Waals surface area contributed by atoms with E-state index >= 15 is 0 Å². The van der Waals surface area contributed by atoms with Crippen molar-refractivity contribution >= 4 is 0 Å². The second-order valence-electron chi connectivity index (χ2n) is 3.76. The molecule has 14 heavy (non-hydrogen) atoms. The van der Waals surface area contributed by atoms with Crippen molar-refractivity contribution in [1.82, 2.24) is 15.1 Å². The molecule has 0 aromatic carbocycles. The van der Waals surface area contributed by atoms with Crippen molar-refractivity contribution in [2.45, 2.75) is 13.3 Å². The van der Waals surface area contributed by atoms with E-state index in [4.69, 9.17) is 5.11 Å². The van der Waals surface area contributed by atoms with Gasteiger partial charge in [0.15, 0.2) is 0 Å². The Morgan fingerprint density at radius 2 is 2.43 bits per heavy atom. The molecule has 1 atom stereocenters. The fraction of sp³-hybridized carbons (Fsp3) is 0.700. The largest absolute Gasteiger partial charge is 0.396 e. The van der Waals surface area contributed by atoms with Crippen molar-refractivity contribution in [3.8, 4) is 0 Å². The van der Waals surface area contributed by atoms with Crippen LogP contribution in [-0.2, 0) is 13.5 Å². The minimum atomic E-state index is 0.250. The third-order valence-corrected chi connectivity index (χ3v) is 2.15. The molecule has 0 saturated carbocycles. The normalized spacial score (nSPS) is 13.1. The molecule has 1 aromatic rings. The maximum absolute atomic E-state index is 8.80. The van der Waals surface area contributed by atoms with E-state index in [9.17, 15) is 0 Å². The Hall–Kier alpha value is -0.870. The highest BCUT2D eigenvalue weighted by molar-refractivity contribution is 5.03. The minimum absolute atomic E-state index is 0.250. The second-order valence-corrected chi connectivity index (χ2v) is 3.76. The van der Waals surface area contributed by atoms with Crippen LogP contribution in [0, 0.1) is 5.92 Å². The molecule has 0 bridgehead atoms. The van der Waals surface area contributed by atoms with E-state index in [1.807, 2.05) is 31.0 Å². The lowest BCUT2D eigenvalue weighted by atomic mass is 10.2. The highest BCUT2D eigenvalue weighted by Crippen LogP contribution is 1.96. The van der Waals surface area contributed by atoms with E-state index in [1.54, 1.807) is 0 Å². The minimum Gasteiger partial charge on any atom is -0.396 e. The number of hydrogen-bond donors (Lipinski definition) is 2. The molecule has 1 aromatic heterocycles. The molecule has 0 amide bonds. The number of aryl methyl sites for hydroxylation is 1. The Balaban J connectivity index is 2.10. The molecule has 0 aliphatic rings. The van der Waals surface area contributed by atoms with E-state index in [2.05, 4.69) is 10.4 Å². The second kappa shape index (κ2) is 5.78. The Labute approximate surface area is 84.9 Å². The average Bonchev–Trinajstić information content (AvgIpc) is 2.58. The summed E-state index contributed by atoms with van der Waals surface area (Å²) >= 11 is 0. The molecule has 0 aliphatic carbocycles. The van der Waals surface area contributed by atoms with Gasteiger partial charge in [0.25, 0.3) is 0 Å². The van der Waals surface area contributed by atoms with Crippen LogP contribution in [0.1, 0.15) is 12.5 Å². The van der Waals surface area contributed by atoms with Gasteiger partial charge in [0.05, 0.1) is 6.20 Å². The number of hydrogen-bond acceptors (Lipinski definition) is 3. The van der Waals surface area contributed by atoms with E-state index < -0.39 is 0 Å². The first-order valence-corrected chi connectivity index (χ1v) is 5.01. The van der Waals surface area contributed by atoms with Gasteiger partial charge in [-0.3, -0.25) is 4.68 Å². The van der Waals surface area contributed by atoms with Gasteiger partial charge < -0.3 is 10.4 Å². The molecule has 1 heterocycles. The van der Waals surface area contributed by atoms with Crippen LogP contribution >= 0.6 is 0 Å². The van der Waals surface area contributed by atoms with Crippen molar-refractivity contribution in [3.63, 3.8) is 0 Å². The Bertz CT molecular complexity index is 260. The van der Waals surface area contributed by atoms with Crippen LogP contribution in [0.15, 0.2) is 12.4 Å². The molecular formula is C10H19N3O. The standard InChI is InChI=1S/C10H19N3O/c1-9(8-14)5-11-4-3-10-6-12-13(2)7-10/h6-7,9,11,14H,3-5,8H2,1-2H3. The average molecular weight is 197 g/mol. The van der Waals surface area contributed by atoms with E-state index in [-0.39, 0.29) is 6.61 Å². The highest BCUT2D eigenvalue weighted by Gasteiger charge is 1.99. The lowest BCUT2D eigenvalue weighted by Crippen LogP contribution is -2.25. The topological polar surface area (TPSA) is 50.1 Å². The first-order chi connectivity index (χ1) is 6.72. The van der Waals surface area contributed by atoms with Gasteiger partial charge in [-0.15, -0.1) is 0 Å². The molecule has 4 nitrogen and oxygen atoms in total. The highest BCUT2D eigenvalue weighted by atomic mass is 16.3. The lowest BCUT2D eigenvalue weighted by molar-refractivity contribution is 0.234. The Morgan fingerprint density at radius 1 is 1.64 bits per heavy atom. The maximum atomic E-state index is 8.80. The summed E-state index contributed by atoms with van der Waals surface area (Å²) in [5.74, 6) is 0.337. The molecule has 0 aliphatic heterocycles. The van der Waals surface area contributed by atoms with Crippen molar-refractivity contribution in [1.29, 1.82) is 0 Å². The van der Waals surface area contributed by atoms with Gasteiger partial charge in [-0.05, 0) is 31.0 Å². The predicted octanol–water partition coefficient (Wildman–Crippen LogP) is 0.181. The van der Waals surface area contributed by atoms with Crippen LogP contribution in [-0.4, -0.2) is 34.6 Å². The first kappa shape index (κ1) is 11.2. The van der Waals surface area contributed by atoms with Gasteiger partial charge >= 0.3 is 0 Å². The van der Waals surface area contributed by atoms with Gasteiger partial charge in [-0.25, -0.2) is 0 Å². The molecule has 2 N–H and O–H groups in total. The third-order valence-electron chi connectivity index (χ3n) is 2.15. The number of nitrogens with zero attached hydrogens (tertiary/aromatic N) is 2. The number of aromatic nitrogens is 2. The van der Waals surface area contributed by atoms with Gasteiger partial charge in [-0.1, -0.05) is 6.92 Å². The summed E-state index contributed by atoms with van der Waals surface area (Å²) in [4.78, 5) is 0. The number of rotatable bonds is 6. The number of nitrogens with one attached hydrogen (secondary N) is 1. The van der Waals surface area contributed by atoms with Crippen LogP contribution in [0.25, 0.3) is 0 Å². The predicted molar refractivity (Wildman–Crippen MR) is 56.0 cm³/mol. The fourth-order valence-electron chi connectivity index (χ4n) is 1.25. The third kappa shape index (κ3) is 3.89. The van der Waals surface area contributed by atoms with E-state index in [0.717, 1.165) is 19.5 Å². The molecule has 1 unspecified atom stereocenters.